The molecular formula is C35H37N5O3. The Morgan fingerprint density at radius 2 is 1.53 bits per heavy atom. The molecule has 1 fully saturated rings. The molecule has 220 valence electrons. The topological polar surface area (TPSA) is 98.6 Å². The second kappa shape index (κ2) is 13.8. The van der Waals surface area contributed by atoms with Gasteiger partial charge in [0.15, 0.2) is 11.5 Å². The summed E-state index contributed by atoms with van der Waals surface area (Å²) >= 11 is 0. The number of ether oxygens (including phenoxy) is 3. The molecule has 8 nitrogen and oxygen atoms in total. The lowest BCUT2D eigenvalue weighted by molar-refractivity contribution is 0.180. The number of methoxy groups -OCH3 is 3. The standard InChI is InChI=1S/C26H25N5.C9H12O3/c27-16-22-17-29-25-15-21(6-7-24(25)26(22)28)20-5-3-4-19(14-20)18-30-12-8-23(9-13-30)31-10-1-2-11-31;1-10-7-5-4-6-8(11-2)9(7)12-3/h1-7,10-11,14-15,17,23H,8-9,12-13,18H2,(H2,28,29);4-6H,1-3H3. The number of aromatic nitrogens is 2. The molecule has 1 aliphatic rings. The minimum Gasteiger partial charge on any atom is -0.493 e. The van der Waals surface area contributed by atoms with Crippen molar-refractivity contribution >= 4 is 16.6 Å². The van der Waals surface area contributed by atoms with Crippen LogP contribution in [0.25, 0.3) is 22.0 Å². The van der Waals surface area contributed by atoms with E-state index in [-0.39, 0.29) is 0 Å². The van der Waals surface area contributed by atoms with Gasteiger partial charge in [0.1, 0.15) is 6.07 Å². The second-order valence-corrected chi connectivity index (χ2v) is 10.5. The number of pyridine rings is 1. The molecule has 5 aromatic rings. The van der Waals surface area contributed by atoms with Gasteiger partial charge in [0.2, 0.25) is 5.75 Å². The van der Waals surface area contributed by atoms with Gasteiger partial charge in [0.05, 0.1) is 38.1 Å². The monoisotopic (exact) mass is 575 g/mol. The van der Waals surface area contributed by atoms with Crippen LogP contribution in [0.4, 0.5) is 5.69 Å². The summed E-state index contributed by atoms with van der Waals surface area (Å²) < 4.78 is 17.6. The predicted octanol–water partition coefficient (Wildman–Crippen LogP) is 6.71. The molecule has 1 aliphatic heterocycles. The van der Waals surface area contributed by atoms with E-state index < -0.39 is 0 Å². The number of likely N-dealkylation sites (tertiary alicyclic amines) is 1. The Balaban J connectivity index is 0.000000259. The van der Waals surface area contributed by atoms with E-state index in [4.69, 9.17) is 25.2 Å². The van der Waals surface area contributed by atoms with Crippen LogP contribution >= 0.6 is 0 Å². The van der Waals surface area contributed by atoms with Crippen LogP contribution < -0.4 is 19.9 Å². The molecule has 1 saturated heterocycles. The summed E-state index contributed by atoms with van der Waals surface area (Å²) in [4.78, 5) is 6.98. The van der Waals surface area contributed by atoms with Crippen molar-refractivity contribution < 1.29 is 14.2 Å². The van der Waals surface area contributed by atoms with Crippen molar-refractivity contribution in [1.29, 1.82) is 5.26 Å². The first kappa shape index (κ1) is 29.5. The van der Waals surface area contributed by atoms with Gasteiger partial charge in [-0.25, -0.2) is 0 Å². The first-order valence-electron chi connectivity index (χ1n) is 14.3. The van der Waals surface area contributed by atoms with Gasteiger partial charge in [-0.3, -0.25) is 9.88 Å². The van der Waals surface area contributed by atoms with E-state index in [1.54, 1.807) is 27.5 Å². The number of hydrogen-bond donors (Lipinski definition) is 1. The lowest BCUT2D eigenvalue weighted by Gasteiger charge is -2.32. The molecule has 0 unspecified atom stereocenters. The maximum Gasteiger partial charge on any atom is 0.203 e. The van der Waals surface area contributed by atoms with Gasteiger partial charge in [-0.05, 0) is 65.9 Å². The maximum absolute atomic E-state index is 9.16. The number of fused-ring (bicyclic) bond motifs is 1. The van der Waals surface area contributed by atoms with E-state index in [2.05, 4.69) is 81.4 Å². The third-order valence-corrected chi connectivity index (χ3v) is 7.89. The van der Waals surface area contributed by atoms with Gasteiger partial charge in [-0.15, -0.1) is 0 Å². The van der Waals surface area contributed by atoms with E-state index in [0.29, 0.717) is 34.5 Å². The summed E-state index contributed by atoms with van der Waals surface area (Å²) in [5, 5.41) is 9.99. The van der Waals surface area contributed by atoms with E-state index >= 15 is 0 Å². The number of nitrogens with two attached hydrogens (primary N) is 1. The van der Waals surface area contributed by atoms with Gasteiger partial charge >= 0.3 is 0 Å². The van der Waals surface area contributed by atoms with E-state index in [0.717, 1.165) is 36.1 Å². The third-order valence-electron chi connectivity index (χ3n) is 7.89. The van der Waals surface area contributed by atoms with Gasteiger partial charge in [0, 0.05) is 49.7 Å². The van der Waals surface area contributed by atoms with Crippen molar-refractivity contribution in [3.63, 3.8) is 0 Å². The number of nitriles is 1. The molecule has 0 aliphatic carbocycles. The number of para-hydroxylation sites is 1. The number of nitrogen functional groups attached to an aromatic ring is 1. The first-order valence-corrected chi connectivity index (χ1v) is 14.3. The molecule has 0 radical (unpaired) electrons. The van der Waals surface area contributed by atoms with Crippen molar-refractivity contribution in [1.82, 2.24) is 14.5 Å². The molecule has 2 N–H and O–H groups in total. The van der Waals surface area contributed by atoms with Crippen molar-refractivity contribution in [2.45, 2.75) is 25.4 Å². The third kappa shape index (κ3) is 6.74. The summed E-state index contributed by atoms with van der Waals surface area (Å²) in [7, 11) is 4.77. The summed E-state index contributed by atoms with van der Waals surface area (Å²) in [6, 6.07) is 27.2. The van der Waals surface area contributed by atoms with Gasteiger partial charge in [-0.1, -0.05) is 36.4 Å². The fourth-order valence-electron chi connectivity index (χ4n) is 5.58. The first-order chi connectivity index (χ1) is 21.0. The summed E-state index contributed by atoms with van der Waals surface area (Å²) in [5.41, 5.74) is 11.4. The molecule has 3 heterocycles. The molecule has 2 aromatic heterocycles. The zero-order chi connectivity index (χ0) is 30.2. The summed E-state index contributed by atoms with van der Waals surface area (Å²) in [5.74, 6) is 1.98. The molecule has 0 saturated carbocycles. The average Bonchev–Trinajstić information content (AvgIpc) is 3.60. The number of hydrogen-bond acceptors (Lipinski definition) is 7. The quantitative estimate of drug-likeness (QED) is 0.230. The van der Waals surface area contributed by atoms with Crippen LogP contribution in [0.5, 0.6) is 17.2 Å². The Morgan fingerprint density at radius 1 is 0.860 bits per heavy atom. The Bertz CT molecular complexity index is 1680. The van der Waals surface area contributed by atoms with Gasteiger partial charge < -0.3 is 24.5 Å². The fraction of sp³-hybridized carbons (Fsp3) is 0.257. The molecule has 0 bridgehead atoms. The normalized spacial score (nSPS) is 13.5. The van der Waals surface area contributed by atoms with E-state index in [1.165, 1.54) is 24.0 Å². The van der Waals surface area contributed by atoms with Crippen LogP contribution in [0.2, 0.25) is 0 Å². The molecule has 0 atom stereocenters. The molecule has 6 rings (SSSR count). The lowest BCUT2D eigenvalue weighted by atomic mass is 9.99. The summed E-state index contributed by atoms with van der Waals surface area (Å²) in [6.07, 6.45) is 8.29. The maximum atomic E-state index is 9.16. The smallest absolute Gasteiger partial charge is 0.203 e. The Hall–Kier alpha value is -5.00. The van der Waals surface area contributed by atoms with Crippen molar-refractivity contribution in [3.05, 3.63) is 103 Å². The highest BCUT2D eigenvalue weighted by atomic mass is 16.5. The van der Waals surface area contributed by atoms with Gasteiger partial charge in [-0.2, -0.15) is 5.26 Å². The van der Waals surface area contributed by atoms with Gasteiger partial charge in [0.25, 0.3) is 0 Å². The molecule has 0 amide bonds. The van der Waals surface area contributed by atoms with Crippen LogP contribution in [0, 0.1) is 11.3 Å². The van der Waals surface area contributed by atoms with Crippen LogP contribution in [0.1, 0.15) is 30.0 Å². The second-order valence-electron chi connectivity index (χ2n) is 10.5. The zero-order valence-corrected chi connectivity index (χ0v) is 24.9. The Labute approximate surface area is 252 Å². The van der Waals surface area contributed by atoms with Crippen molar-refractivity contribution in [3.8, 4) is 34.4 Å². The predicted molar refractivity (Wildman–Crippen MR) is 170 cm³/mol. The largest absolute Gasteiger partial charge is 0.493 e. The van der Waals surface area contributed by atoms with Crippen LogP contribution in [0.3, 0.4) is 0 Å². The van der Waals surface area contributed by atoms with Crippen LogP contribution in [-0.2, 0) is 6.54 Å². The SMILES string of the molecule is COc1cccc(OC)c1OC.N#Cc1cnc2cc(-c3cccc(CN4CCC(n5cccc5)CC4)c3)ccc2c1N. The van der Waals surface area contributed by atoms with E-state index in [1.807, 2.05) is 24.3 Å². The molecule has 43 heavy (non-hydrogen) atoms. The number of nitrogens with zero attached hydrogens (tertiary/aromatic N) is 4. The minimum atomic E-state index is 0.419. The molecule has 3 aromatic carbocycles. The van der Waals surface area contributed by atoms with Crippen molar-refractivity contribution in [2.75, 3.05) is 40.2 Å². The molecular weight excluding hydrogens is 538 g/mol. The van der Waals surface area contributed by atoms with Crippen molar-refractivity contribution in [2.24, 2.45) is 0 Å². The zero-order valence-electron chi connectivity index (χ0n) is 24.9. The van der Waals surface area contributed by atoms with E-state index in [9.17, 15) is 0 Å². The van der Waals surface area contributed by atoms with Crippen LogP contribution in [-0.4, -0.2) is 48.9 Å². The number of anilines is 1. The molecule has 0 spiro atoms. The number of rotatable bonds is 7. The molecule has 8 heteroatoms. The lowest BCUT2D eigenvalue weighted by Crippen LogP contribution is -2.33. The highest BCUT2D eigenvalue weighted by Crippen LogP contribution is 2.36. The average molecular weight is 576 g/mol. The Kier molecular flexibility index (Phi) is 9.45. The number of piperidine rings is 1. The Morgan fingerprint density at radius 3 is 2.19 bits per heavy atom. The highest BCUT2D eigenvalue weighted by Gasteiger charge is 2.20. The number of benzene rings is 3. The summed E-state index contributed by atoms with van der Waals surface area (Å²) in [6.45, 7) is 3.21. The minimum absolute atomic E-state index is 0.419. The fourth-order valence-corrected chi connectivity index (χ4v) is 5.58. The highest BCUT2D eigenvalue weighted by molar-refractivity contribution is 5.95. The van der Waals surface area contributed by atoms with Crippen LogP contribution in [0.15, 0.2) is 91.4 Å².